The number of carbonyl (C=O) groups excluding carboxylic acids is 1. The maximum absolute atomic E-state index is 12.7. The third kappa shape index (κ3) is 2.23. The number of hydrogen-bond donors (Lipinski definition) is 0. The second-order valence-electron chi connectivity index (χ2n) is 6.67. The van der Waals surface area contributed by atoms with Crippen LogP contribution in [0.3, 0.4) is 0 Å². The summed E-state index contributed by atoms with van der Waals surface area (Å²) >= 11 is 0. The van der Waals surface area contributed by atoms with Gasteiger partial charge in [-0.05, 0) is 25.2 Å². The number of hydrogen-bond acceptors (Lipinski definition) is 3. The van der Waals surface area contributed by atoms with Crippen LogP contribution in [0.4, 0.5) is 0 Å². The zero-order valence-corrected chi connectivity index (χ0v) is 11.5. The van der Waals surface area contributed by atoms with Gasteiger partial charge in [0.25, 0.3) is 0 Å². The van der Waals surface area contributed by atoms with Crippen molar-refractivity contribution in [3.63, 3.8) is 0 Å². The first kappa shape index (κ1) is 12.6. The van der Waals surface area contributed by atoms with E-state index in [1.165, 1.54) is 19.3 Å². The predicted octanol–water partition coefficient (Wildman–Crippen LogP) is 2.10. The van der Waals surface area contributed by atoms with Crippen molar-refractivity contribution in [1.29, 1.82) is 0 Å². The molecule has 3 rings (SSSR count). The van der Waals surface area contributed by atoms with Crippen molar-refractivity contribution in [2.45, 2.75) is 39.0 Å². The highest BCUT2D eigenvalue weighted by molar-refractivity contribution is 5.89. The molecule has 3 fully saturated rings. The van der Waals surface area contributed by atoms with Gasteiger partial charge < -0.3 is 4.74 Å². The van der Waals surface area contributed by atoms with Gasteiger partial charge >= 0.3 is 0 Å². The van der Waals surface area contributed by atoms with Crippen molar-refractivity contribution in [1.82, 2.24) is 4.90 Å². The Labute approximate surface area is 110 Å². The first-order valence-corrected chi connectivity index (χ1v) is 7.53. The van der Waals surface area contributed by atoms with Crippen molar-refractivity contribution in [3.05, 3.63) is 0 Å². The topological polar surface area (TPSA) is 29.5 Å². The highest BCUT2D eigenvalue weighted by atomic mass is 16.5. The van der Waals surface area contributed by atoms with Gasteiger partial charge in [-0.1, -0.05) is 19.8 Å². The molecular weight excluding hydrogens is 226 g/mol. The van der Waals surface area contributed by atoms with E-state index in [1.807, 2.05) is 0 Å². The van der Waals surface area contributed by atoms with Crippen LogP contribution in [0.15, 0.2) is 0 Å². The van der Waals surface area contributed by atoms with Crippen LogP contribution in [0, 0.1) is 17.3 Å². The van der Waals surface area contributed by atoms with Crippen molar-refractivity contribution >= 4 is 5.78 Å². The summed E-state index contributed by atoms with van der Waals surface area (Å²) in [5, 5.41) is 0. The number of morpholine rings is 1. The zero-order chi connectivity index (χ0) is 12.6. The molecule has 2 aliphatic carbocycles. The van der Waals surface area contributed by atoms with Gasteiger partial charge in [0.15, 0.2) is 0 Å². The molecule has 0 spiro atoms. The maximum Gasteiger partial charge on any atom is 0.143 e. The smallest absolute Gasteiger partial charge is 0.143 e. The van der Waals surface area contributed by atoms with E-state index in [-0.39, 0.29) is 5.41 Å². The lowest BCUT2D eigenvalue weighted by atomic mass is 9.81. The molecule has 0 aromatic rings. The highest BCUT2D eigenvalue weighted by Gasteiger charge is 2.50. The summed E-state index contributed by atoms with van der Waals surface area (Å²) < 4.78 is 5.39. The van der Waals surface area contributed by atoms with E-state index in [0.717, 1.165) is 45.7 Å². The third-order valence-corrected chi connectivity index (χ3v) is 5.23. The van der Waals surface area contributed by atoms with E-state index in [0.29, 0.717) is 17.6 Å². The fourth-order valence-electron chi connectivity index (χ4n) is 4.32. The van der Waals surface area contributed by atoms with E-state index >= 15 is 0 Å². The van der Waals surface area contributed by atoms with Crippen molar-refractivity contribution < 1.29 is 9.53 Å². The Kier molecular flexibility index (Phi) is 3.46. The summed E-state index contributed by atoms with van der Waals surface area (Å²) in [6, 6.07) is 0. The van der Waals surface area contributed by atoms with Crippen LogP contribution in [-0.2, 0) is 9.53 Å². The molecule has 3 unspecified atom stereocenters. The largest absolute Gasteiger partial charge is 0.379 e. The zero-order valence-electron chi connectivity index (χ0n) is 11.5. The minimum Gasteiger partial charge on any atom is -0.379 e. The second-order valence-corrected chi connectivity index (χ2v) is 6.67. The maximum atomic E-state index is 12.7. The van der Waals surface area contributed by atoms with E-state index in [2.05, 4.69) is 11.8 Å². The minimum absolute atomic E-state index is 0.0724. The normalized spacial score (nSPS) is 41.9. The summed E-state index contributed by atoms with van der Waals surface area (Å²) in [6.45, 7) is 6.83. The highest BCUT2D eigenvalue weighted by Crippen LogP contribution is 2.49. The third-order valence-electron chi connectivity index (χ3n) is 5.23. The van der Waals surface area contributed by atoms with E-state index in [1.54, 1.807) is 0 Å². The van der Waals surface area contributed by atoms with Gasteiger partial charge in [0.1, 0.15) is 5.78 Å². The Balaban J connectivity index is 1.68. The van der Waals surface area contributed by atoms with Crippen molar-refractivity contribution in [2.75, 3.05) is 32.8 Å². The van der Waals surface area contributed by atoms with Crippen LogP contribution >= 0.6 is 0 Å². The Morgan fingerprint density at radius 3 is 2.72 bits per heavy atom. The predicted molar refractivity (Wildman–Crippen MR) is 70.4 cm³/mol. The first-order valence-electron chi connectivity index (χ1n) is 7.53. The van der Waals surface area contributed by atoms with Crippen molar-refractivity contribution in [2.24, 2.45) is 17.3 Å². The molecular formula is C15H25NO2. The molecule has 0 N–H and O–H groups in total. The first-order chi connectivity index (χ1) is 8.69. The van der Waals surface area contributed by atoms with Crippen molar-refractivity contribution in [3.8, 4) is 0 Å². The molecule has 102 valence electrons. The fraction of sp³-hybridized carbons (Fsp3) is 0.933. The number of nitrogens with zero attached hydrogens (tertiary/aromatic N) is 1. The molecule has 18 heavy (non-hydrogen) atoms. The molecule has 0 bridgehead atoms. The summed E-state index contributed by atoms with van der Waals surface area (Å²) in [5.74, 6) is 1.65. The minimum atomic E-state index is -0.0724. The molecule has 2 saturated carbocycles. The molecule has 3 nitrogen and oxygen atoms in total. The number of rotatable bonds is 2. The van der Waals surface area contributed by atoms with Gasteiger partial charge in [-0.25, -0.2) is 0 Å². The number of carbonyl (C=O) groups is 1. The molecule has 3 aliphatic rings. The SMILES string of the molecule is CC1(CN2CCOCC2)CC2CCCCC2C1=O. The van der Waals surface area contributed by atoms with Gasteiger partial charge in [-0.3, -0.25) is 9.69 Å². The molecule has 3 atom stereocenters. The van der Waals surface area contributed by atoms with E-state index in [9.17, 15) is 4.79 Å². The average molecular weight is 251 g/mol. The number of fused-ring (bicyclic) bond motifs is 1. The van der Waals surface area contributed by atoms with Gasteiger partial charge in [-0.15, -0.1) is 0 Å². The van der Waals surface area contributed by atoms with Crippen LogP contribution in [0.5, 0.6) is 0 Å². The van der Waals surface area contributed by atoms with Crippen LogP contribution in [0.1, 0.15) is 39.0 Å². The fourth-order valence-corrected chi connectivity index (χ4v) is 4.32. The van der Waals surface area contributed by atoms with Gasteiger partial charge in [0.2, 0.25) is 0 Å². The summed E-state index contributed by atoms with van der Waals surface area (Å²) in [6.07, 6.45) is 6.17. The van der Waals surface area contributed by atoms with Gasteiger partial charge in [-0.2, -0.15) is 0 Å². The molecule has 1 saturated heterocycles. The molecule has 3 heteroatoms. The average Bonchev–Trinajstić information content (AvgIpc) is 2.63. The summed E-state index contributed by atoms with van der Waals surface area (Å²) in [5.41, 5.74) is -0.0724. The quantitative estimate of drug-likeness (QED) is 0.753. The molecule has 0 aromatic carbocycles. The monoisotopic (exact) mass is 251 g/mol. The Morgan fingerprint density at radius 1 is 1.28 bits per heavy atom. The van der Waals surface area contributed by atoms with Gasteiger partial charge in [0, 0.05) is 31.0 Å². The Morgan fingerprint density at radius 2 is 2.00 bits per heavy atom. The Bertz CT molecular complexity index is 324. The lowest BCUT2D eigenvalue weighted by Crippen LogP contribution is -2.44. The molecule has 0 aromatic heterocycles. The lowest BCUT2D eigenvalue weighted by molar-refractivity contribution is -0.130. The van der Waals surface area contributed by atoms with Gasteiger partial charge in [0.05, 0.1) is 13.2 Å². The lowest BCUT2D eigenvalue weighted by Gasteiger charge is -2.34. The van der Waals surface area contributed by atoms with E-state index in [4.69, 9.17) is 4.74 Å². The summed E-state index contributed by atoms with van der Waals surface area (Å²) in [4.78, 5) is 15.1. The standard InChI is InChI=1S/C15H25NO2/c1-15(11-16-6-8-18-9-7-16)10-12-4-2-3-5-13(12)14(15)17/h12-13H,2-11H2,1H3. The number of ether oxygens (including phenoxy) is 1. The molecule has 1 aliphatic heterocycles. The molecule has 0 amide bonds. The summed E-state index contributed by atoms with van der Waals surface area (Å²) in [7, 11) is 0. The second kappa shape index (κ2) is 4.93. The molecule has 0 radical (unpaired) electrons. The van der Waals surface area contributed by atoms with Crippen LogP contribution in [0.25, 0.3) is 0 Å². The van der Waals surface area contributed by atoms with Crippen LogP contribution in [-0.4, -0.2) is 43.5 Å². The Hall–Kier alpha value is -0.410. The number of ketones is 1. The van der Waals surface area contributed by atoms with E-state index < -0.39 is 0 Å². The number of Topliss-reactive ketones (excluding diaryl/α,β-unsaturated/α-hetero) is 1. The van der Waals surface area contributed by atoms with Crippen LogP contribution in [0.2, 0.25) is 0 Å². The van der Waals surface area contributed by atoms with Crippen LogP contribution < -0.4 is 0 Å². The molecule has 1 heterocycles.